The highest BCUT2D eigenvalue weighted by atomic mass is 35.5. The number of nitrogens with zero attached hydrogens (tertiary/aromatic N) is 3. The first kappa shape index (κ1) is 12.6. The van der Waals surface area contributed by atoms with E-state index in [1.165, 1.54) is 6.20 Å². The van der Waals surface area contributed by atoms with Gasteiger partial charge in [-0.05, 0) is 18.6 Å². The van der Waals surface area contributed by atoms with Crippen molar-refractivity contribution in [1.29, 1.82) is 0 Å². The first-order valence-electron chi connectivity index (χ1n) is 5.61. The van der Waals surface area contributed by atoms with Crippen molar-refractivity contribution in [1.82, 2.24) is 19.9 Å². The molecule has 94 valence electrons. The van der Waals surface area contributed by atoms with Gasteiger partial charge >= 0.3 is 0 Å². The number of pyridine rings is 1. The summed E-state index contributed by atoms with van der Waals surface area (Å²) in [6.45, 7) is 1.44. The van der Waals surface area contributed by atoms with E-state index < -0.39 is 0 Å². The van der Waals surface area contributed by atoms with Crippen LogP contribution < -0.4 is 5.32 Å². The van der Waals surface area contributed by atoms with Crippen LogP contribution in [-0.2, 0) is 6.54 Å². The highest BCUT2D eigenvalue weighted by molar-refractivity contribution is 6.29. The maximum absolute atomic E-state index is 11.7. The summed E-state index contributed by atoms with van der Waals surface area (Å²) in [5.74, 6) is -0.134. The molecule has 0 aromatic carbocycles. The zero-order valence-electron chi connectivity index (χ0n) is 9.71. The number of aryl methyl sites for hydroxylation is 1. The fraction of sp³-hybridized carbons (Fsp3) is 0.250. The third-order valence-electron chi connectivity index (χ3n) is 2.43. The third-order valence-corrected chi connectivity index (χ3v) is 2.63. The van der Waals surface area contributed by atoms with Gasteiger partial charge in [0.05, 0.1) is 6.33 Å². The second-order valence-corrected chi connectivity index (χ2v) is 4.16. The molecule has 2 heterocycles. The average molecular weight is 265 g/mol. The lowest BCUT2D eigenvalue weighted by Crippen LogP contribution is -2.25. The smallest absolute Gasteiger partial charge is 0.251 e. The van der Waals surface area contributed by atoms with Gasteiger partial charge in [-0.1, -0.05) is 11.6 Å². The molecule has 2 aromatic rings. The quantitative estimate of drug-likeness (QED) is 0.661. The number of carbonyl (C=O) groups is 1. The number of carbonyl (C=O) groups excluding carboxylic acids is 1. The van der Waals surface area contributed by atoms with E-state index in [0.717, 1.165) is 13.0 Å². The Balaban J connectivity index is 1.75. The van der Waals surface area contributed by atoms with Gasteiger partial charge in [0.25, 0.3) is 5.91 Å². The van der Waals surface area contributed by atoms with Crippen LogP contribution in [0.15, 0.2) is 37.1 Å². The first-order valence-corrected chi connectivity index (χ1v) is 5.99. The summed E-state index contributed by atoms with van der Waals surface area (Å²) in [6.07, 6.45) is 7.75. The molecular weight excluding hydrogens is 252 g/mol. The number of rotatable bonds is 5. The molecule has 0 saturated carbocycles. The Morgan fingerprint density at radius 2 is 2.33 bits per heavy atom. The largest absolute Gasteiger partial charge is 0.352 e. The van der Waals surface area contributed by atoms with Crippen molar-refractivity contribution >= 4 is 17.5 Å². The van der Waals surface area contributed by atoms with Gasteiger partial charge in [0, 0.05) is 37.2 Å². The Hall–Kier alpha value is -1.88. The number of nitrogens with one attached hydrogen (secondary N) is 1. The van der Waals surface area contributed by atoms with E-state index >= 15 is 0 Å². The highest BCUT2D eigenvalue weighted by Gasteiger charge is 2.05. The van der Waals surface area contributed by atoms with Crippen molar-refractivity contribution in [2.24, 2.45) is 0 Å². The lowest BCUT2D eigenvalue weighted by molar-refractivity contribution is 0.0952. The van der Waals surface area contributed by atoms with E-state index in [9.17, 15) is 4.79 Å². The summed E-state index contributed by atoms with van der Waals surface area (Å²) in [5, 5.41) is 3.15. The summed E-state index contributed by atoms with van der Waals surface area (Å²) in [5.41, 5.74) is 0.526. The summed E-state index contributed by atoms with van der Waals surface area (Å²) in [6, 6.07) is 3.18. The Labute approximate surface area is 110 Å². The minimum Gasteiger partial charge on any atom is -0.352 e. The van der Waals surface area contributed by atoms with Crippen LogP contribution >= 0.6 is 11.6 Å². The molecular formula is C12H13ClN4O. The SMILES string of the molecule is O=C(NCCCn1ccnc1)c1ccnc(Cl)c1. The van der Waals surface area contributed by atoms with Gasteiger partial charge in [0.2, 0.25) is 0 Å². The van der Waals surface area contributed by atoms with Gasteiger partial charge in [0.1, 0.15) is 5.15 Å². The molecule has 0 bridgehead atoms. The van der Waals surface area contributed by atoms with Gasteiger partial charge in [-0.3, -0.25) is 4.79 Å². The van der Waals surface area contributed by atoms with Crippen molar-refractivity contribution in [3.05, 3.63) is 47.8 Å². The van der Waals surface area contributed by atoms with E-state index in [0.29, 0.717) is 17.3 Å². The maximum Gasteiger partial charge on any atom is 0.251 e. The summed E-state index contributed by atoms with van der Waals surface area (Å²) >= 11 is 5.72. The fourth-order valence-corrected chi connectivity index (χ4v) is 1.70. The van der Waals surface area contributed by atoms with Gasteiger partial charge in [-0.15, -0.1) is 0 Å². The van der Waals surface area contributed by atoms with E-state index in [-0.39, 0.29) is 5.91 Å². The molecule has 18 heavy (non-hydrogen) atoms. The number of hydrogen-bond donors (Lipinski definition) is 1. The summed E-state index contributed by atoms with van der Waals surface area (Å²) < 4.78 is 1.97. The second-order valence-electron chi connectivity index (χ2n) is 3.78. The van der Waals surface area contributed by atoms with Crippen LogP contribution in [0.2, 0.25) is 5.15 Å². The molecule has 1 amide bonds. The van der Waals surface area contributed by atoms with E-state index in [1.807, 2.05) is 10.8 Å². The number of aromatic nitrogens is 3. The third kappa shape index (κ3) is 3.56. The van der Waals surface area contributed by atoms with Gasteiger partial charge < -0.3 is 9.88 Å². The number of imidazole rings is 1. The van der Waals surface area contributed by atoms with Crippen LogP contribution in [0, 0.1) is 0 Å². The van der Waals surface area contributed by atoms with Crippen molar-refractivity contribution in [2.45, 2.75) is 13.0 Å². The number of halogens is 1. The first-order chi connectivity index (χ1) is 8.75. The summed E-state index contributed by atoms with van der Waals surface area (Å²) in [4.78, 5) is 19.5. The van der Waals surface area contributed by atoms with Gasteiger partial charge in [-0.2, -0.15) is 0 Å². The molecule has 2 aromatic heterocycles. The van der Waals surface area contributed by atoms with E-state index in [2.05, 4.69) is 15.3 Å². The topological polar surface area (TPSA) is 59.8 Å². The van der Waals surface area contributed by atoms with Gasteiger partial charge in [-0.25, -0.2) is 9.97 Å². The van der Waals surface area contributed by atoms with Crippen LogP contribution in [0.25, 0.3) is 0 Å². The zero-order valence-corrected chi connectivity index (χ0v) is 10.5. The highest BCUT2D eigenvalue weighted by Crippen LogP contribution is 2.06. The standard InChI is InChI=1S/C12H13ClN4O/c13-11-8-10(2-4-15-11)12(18)16-3-1-6-17-7-5-14-9-17/h2,4-5,7-9H,1,3,6H2,(H,16,18). The molecule has 0 atom stereocenters. The average Bonchev–Trinajstić information content (AvgIpc) is 2.87. The molecule has 0 fully saturated rings. The Morgan fingerprint density at radius 3 is 3.06 bits per heavy atom. The normalized spacial score (nSPS) is 10.3. The molecule has 0 spiro atoms. The van der Waals surface area contributed by atoms with Crippen LogP contribution in [0.4, 0.5) is 0 Å². The predicted octanol–water partition coefficient (Wildman–Crippen LogP) is 1.75. The monoisotopic (exact) mass is 264 g/mol. The van der Waals surface area contributed by atoms with Crippen LogP contribution in [0.5, 0.6) is 0 Å². The van der Waals surface area contributed by atoms with Crippen molar-refractivity contribution in [3.63, 3.8) is 0 Å². The Kier molecular flexibility index (Phi) is 4.30. The zero-order chi connectivity index (χ0) is 12.8. The molecule has 1 N–H and O–H groups in total. The van der Waals surface area contributed by atoms with Crippen LogP contribution in [-0.4, -0.2) is 27.0 Å². The van der Waals surface area contributed by atoms with Crippen molar-refractivity contribution in [2.75, 3.05) is 6.54 Å². The van der Waals surface area contributed by atoms with Crippen LogP contribution in [0.3, 0.4) is 0 Å². The van der Waals surface area contributed by atoms with Crippen molar-refractivity contribution < 1.29 is 4.79 Å². The lowest BCUT2D eigenvalue weighted by Gasteiger charge is -2.05. The van der Waals surface area contributed by atoms with Gasteiger partial charge in [0.15, 0.2) is 0 Å². The molecule has 6 heteroatoms. The molecule has 0 aliphatic heterocycles. The Morgan fingerprint density at radius 1 is 1.44 bits per heavy atom. The molecule has 5 nitrogen and oxygen atoms in total. The van der Waals surface area contributed by atoms with Crippen LogP contribution in [0.1, 0.15) is 16.8 Å². The maximum atomic E-state index is 11.7. The predicted molar refractivity (Wildman–Crippen MR) is 68.4 cm³/mol. The number of amides is 1. The van der Waals surface area contributed by atoms with Crippen molar-refractivity contribution in [3.8, 4) is 0 Å². The molecule has 2 rings (SSSR count). The minimum absolute atomic E-state index is 0.134. The Bertz CT molecular complexity index is 513. The van der Waals surface area contributed by atoms with E-state index in [1.54, 1.807) is 24.7 Å². The minimum atomic E-state index is -0.134. The van der Waals surface area contributed by atoms with E-state index in [4.69, 9.17) is 11.6 Å². The molecule has 0 unspecified atom stereocenters. The molecule has 0 aliphatic rings. The summed E-state index contributed by atoms with van der Waals surface area (Å²) in [7, 11) is 0. The molecule has 0 aliphatic carbocycles. The molecule has 0 radical (unpaired) electrons. The second kappa shape index (κ2) is 6.16. The number of hydrogen-bond acceptors (Lipinski definition) is 3. The fourth-order valence-electron chi connectivity index (χ4n) is 1.53. The molecule has 0 saturated heterocycles. The lowest BCUT2D eigenvalue weighted by atomic mass is 10.2.